The number of hydrogen-bond acceptors (Lipinski definition) is 2. The van der Waals surface area contributed by atoms with E-state index in [0.717, 1.165) is 19.4 Å². The summed E-state index contributed by atoms with van der Waals surface area (Å²) < 4.78 is 0. The maximum atomic E-state index is 5.45. The molecule has 0 radical (unpaired) electrons. The summed E-state index contributed by atoms with van der Waals surface area (Å²) >= 11 is 0. The fraction of sp³-hybridized carbons (Fsp3) is 0.556. The zero-order valence-corrected chi connectivity index (χ0v) is 7.51. The van der Waals surface area contributed by atoms with E-state index in [1.54, 1.807) is 0 Å². The van der Waals surface area contributed by atoms with Crippen molar-refractivity contribution < 1.29 is 0 Å². The van der Waals surface area contributed by atoms with Crippen LogP contribution in [0.4, 0.5) is 0 Å². The van der Waals surface area contributed by atoms with Gasteiger partial charge in [0.2, 0.25) is 0 Å². The van der Waals surface area contributed by atoms with Gasteiger partial charge in [-0.05, 0) is 38.6 Å². The van der Waals surface area contributed by atoms with E-state index in [0.29, 0.717) is 6.04 Å². The SMILES string of the molecule is CNC(CCCN)c1ccc[nH]1. The smallest absolute Gasteiger partial charge is 0.0470 e. The van der Waals surface area contributed by atoms with Crippen molar-refractivity contribution in [2.24, 2.45) is 5.73 Å². The van der Waals surface area contributed by atoms with Crippen molar-refractivity contribution >= 4 is 0 Å². The quantitative estimate of drug-likeness (QED) is 0.613. The van der Waals surface area contributed by atoms with Crippen LogP contribution in [0.2, 0.25) is 0 Å². The Kier molecular flexibility index (Phi) is 3.84. The monoisotopic (exact) mass is 167 g/mol. The van der Waals surface area contributed by atoms with Crippen LogP contribution in [0.25, 0.3) is 0 Å². The lowest BCUT2D eigenvalue weighted by Gasteiger charge is -2.13. The molecule has 0 saturated heterocycles. The highest BCUT2D eigenvalue weighted by Gasteiger charge is 2.07. The number of rotatable bonds is 5. The van der Waals surface area contributed by atoms with E-state index in [9.17, 15) is 0 Å². The second-order valence-corrected chi connectivity index (χ2v) is 2.90. The normalized spacial score (nSPS) is 13.2. The first kappa shape index (κ1) is 9.29. The van der Waals surface area contributed by atoms with Crippen LogP contribution in [0, 0.1) is 0 Å². The summed E-state index contributed by atoms with van der Waals surface area (Å²) in [6.07, 6.45) is 4.10. The number of aromatic amines is 1. The lowest BCUT2D eigenvalue weighted by Crippen LogP contribution is -2.17. The third kappa shape index (κ3) is 2.36. The van der Waals surface area contributed by atoms with Crippen molar-refractivity contribution in [3.63, 3.8) is 0 Å². The average molecular weight is 167 g/mol. The van der Waals surface area contributed by atoms with Gasteiger partial charge in [0.15, 0.2) is 0 Å². The van der Waals surface area contributed by atoms with Gasteiger partial charge < -0.3 is 16.0 Å². The molecule has 0 saturated carbocycles. The Bertz CT molecular complexity index is 194. The molecule has 68 valence electrons. The van der Waals surface area contributed by atoms with Crippen LogP contribution in [0.15, 0.2) is 18.3 Å². The van der Waals surface area contributed by atoms with E-state index in [2.05, 4.69) is 16.4 Å². The molecule has 0 spiro atoms. The van der Waals surface area contributed by atoms with E-state index < -0.39 is 0 Å². The molecule has 0 fully saturated rings. The summed E-state index contributed by atoms with van der Waals surface area (Å²) in [5, 5.41) is 3.25. The predicted octanol–water partition coefficient (Wildman–Crippen LogP) is 1.01. The largest absolute Gasteiger partial charge is 0.364 e. The summed E-state index contributed by atoms with van der Waals surface area (Å²) in [6.45, 7) is 0.763. The number of hydrogen-bond donors (Lipinski definition) is 3. The molecule has 1 unspecified atom stereocenters. The fourth-order valence-corrected chi connectivity index (χ4v) is 1.34. The van der Waals surface area contributed by atoms with Crippen LogP contribution in [-0.4, -0.2) is 18.6 Å². The molecule has 0 aliphatic rings. The topological polar surface area (TPSA) is 53.8 Å². The first-order valence-corrected chi connectivity index (χ1v) is 4.39. The summed E-state index contributed by atoms with van der Waals surface area (Å²) in [6, 6.07) is 4.53. The van der Waals surface area contributed by atoms with Crippen molar-refractivity contribution in [2.45, 2.75) is 18.9 Å². The summed E-state index contributed by atoms with van der Waals surface area (Å²) in [5.41, 5.74) is 6.69. The lowest BCUT2D eigenvalue weighted by molar-refractivity contribution is 0.521. The lowest BCUT2D eigenvalue weighted by atomic mass is 10.1. The molecule has 1 aromatic rings. The van der Waals surface area contributed by atoms with Gasteiger partial charge in [-0.3, -0.25) is 0 Å². The minimum Gasteiger partial charge on any atom is -0.364 e. The van der Waals surface area contributed by atoms with Gasteiger partial charge in [0, 0.05) is 17.9 Å². The highest BCUT2D eigenvalue weighted by molar-refractivity contribution is 5.08. The van der Waals surface area contributed by atoms with Crippen LogP contribution in [0.5, 0.6) is 0 Å². The highest BCUT2D eigenvalue weighted by atomic mass is 14.9. The van der Waals surface area contributed by atoms with E-state index >= 15 is 0 Å². The molecule has 12 heavy (non-hydrogen) atoms. The van der Waals surface area contributed by atoms with Crippen LogP contribution in [-0.2, 0) is 0 Å². The van der Waals surface area contributed by atoms with Crippen LogP contribution >= 0.6 is 0 Å². The molecule has 0 aliphatic carbocycles. The van der Waals surface area contributed by atoms with Crippen molar-refractivity contribution in [1.82, 2.24) is 10.3 Å². The van der Waals surface area contributed by atoms with Gasteiger partial charge in [-0.2, -0.15) is 0 Å². The molecule has 1 heterocycles. The second-order valence-electron chi connectivity index (χ2n) is 2.90. The molecule has 0 bridgehead atoms. The number of aromatic nitrogens is 1. The van der Waals surface area contributed by atoms with Gasteiger partial charge >= 0.3 is 0 Å². The summed E-state index contributed by atoms with van der Waals surface area (Å²) in [4.78, 5) is 3.19. The maximum absolute atomic E-state index is 5.45. The zero-order chi connectivity index (χ0) is 8.81. The van der Waals surface area contributed by atoms with Crippen molar-refractivity contribution in [3.05, 3.63) is 24.0 Å². The standard InChI is InChI=1S/C9H17N3/c1-11-8(4-2-6-10)9-5-3-7-12-9/h3,5,7-8,11-12H,2,4,6,10H2,1H3. The van der Waals surface area contributed by atoms with E-state index in [4.69, 9.17) is 5.73 Å². The van der Waals surface area contributed by atoms with Gasteiger partial charge in [-0.1, -0.05) is 0 Å². The maximum Gasteiger partial charge on any atom is 0.0470 e. The van der Waals surface area contributed by atoms with Crippen LogP contribution < -0.4 is 11.1 Å². The third-order valence-electron chi connectivity index (χ3n) is 2.04. The number of H-pyrrole nitrogens is 1. The van der Waals surface area contributed by atoms with E-state index in [1.165, 1.54) is 5.69 Å². The Labute approximate surface area is 73.4 Å². The highest BCUT2D eigenvalue weighted by Crippen LogP contribution is 2.14. The molecular formula is C9H17N3. The second kappa shape index (κ2) is 4.95. The molecule has 0 aromatic carbocycles. The van der Waals surface area contributed by atoms with Crippen LogP contribution in [0.1, 0.15) is 24.6 Å². The minimum absolute atomic E-state index is 0.420. The molecule has 0 aliphatic heterocycles. The fourth-order valence-electron chi connectivity index (χ4n) is 1.34. The molecule has 1 rings (SSSR count). The predicted molar refractivity (Wildman–Crippen MR) is 50.9 cm³/mol. The van der Waals surface area contributed by atoms with Crippen LogP contribution in [0.3, 0.4) is 0 Å². The molecule has 4 N–H and O–H groups in total. The third-order valence-corrected chi connectivity index (χ3v) is 2.04. The number of nitrogens with two attached hydrogens (primary N) is 1. The molecular weight excluding hydrogens is 150 g/mol. The molecule has 0 amide bonds. The van der Waals surface area contributed by atoms with Crippen molar-refractivity contribution in [1.29, 1.82) is 0 Å². The minimum atomic E-state index is 0.420. The number of nitrogens with one attached hydrogen (secondary N) is 2. The first-order valence-electron chi connectivity index (χ1n) is 4.39. The van der Waals surface area contributed by atoms with Crippen molar-refractivity contribution in [2.75, 3.05) is 13.6 Å². The molecule has 3 heteroatoms. The zero-order valence-electron chi connectivity index (χ0n) is 7.51. The van der Waals surface area contributed by atoms with Gasteiger partial charge in [-0.25, -0.2) is 0 Å². The Morgan fingerprint density at radius 2 is 2.50 bits per heavy atom. The molecule has 3 nitrogen and oxygen atoms in total. The molecule has 1 atom stereocenters. The van der Waals surface area contributed by atoms with Crippen molar-refractivity contribution in [3.8, 4) is 0 Å². The Morgan fingerprint density at radius 1 is 1.67 bits per heavy atom. The van der Waals surface area contributed by atoms with Gasteiger partial charge in [0.05, 0.1) is 0 Å². The Hall–Kier alpha value is -0.800. The average Bonchev–Trinajstić information content (AvgIpc) is 2.59. The Morgan fingerprint density at radius 3 is 3.00 bits per heavy atom. The summed E-state index contributed by atoms with van der Waals surface area (Å²) in [5.74, 6) is 0. The van der Waals surface area contributed by atoms with Gasteiger partial charge in [0.1, 0.15) is 0 Å². The van der Waals surface area contributed by atoms with Gasteiger partial charge in [-0.15, -0.1) is 0 Å². The summed E-state index contributed by atoms with van der Waals surface area (Å²) in [7, 11) is 1.97. The Balaban J connectivity index is 2.45. The first-order chi connectivity index (χ1) is 5.88. The van der Waals surface area contributed by atoms with Gasteiger partial charge in [0.25, 0.3) is 0 Å². The van der Waals surface area contributed by atoms with E-state index in [-0.39, 0.29) is 0 Å². The molecule has 1 aromatic heterocycles. The van der Waals surface area contributed by atoms with E-state index in [1.807, 2.05) is 19.3 Å².